The zero-order valence-corrected chi connectivity index (χ0v) is 10.2. The van der Waals surface area contributed by atoms with Crippen molar-refractivity contribution in [3.63, 3.8) is 0 Å². The minimum Gasteiger partial charge on any atom is -0.481 e. The number of carboxylic acids is 1. The van der Waals surface area contributed by atoms with E-state index < -0.39 is 12.0 Å². The van der Waals surface area contributed by atoms with Crippen LogP contribution in [0, 0.1) is 0 Å². The lowest BCUT2D eigenvalue weighted by molar-refractivity contribution is -0.137. The molecule has 92 valence electrons. The Hall–Kier alpha value is -1.55. The van der Waals surface area contributed by atoms with Crippen molar-refractivity contribution in [2.45, 2.75) is 25.8 Å². The molecule has 17 heavy (non-hydrogen) atoms. The molecule has 0 aliphatic carbocycles. The highest BCUT2D eigenvalue weighted by Gasteiger charge is 2.17. The summed E-state index contributed by atoms with van der Waals surface area (Å²) in [7, 11) is 0. The number of nitrogens with one attached hydrogen (secondary N) is 1. The molecule has 0 radical (unpaired) electrons. The topological polar surface area (TPSA) is 66.4 Å². The summed E-state index contributed by atoms with van der Waals surface area (Å²) in [6, 6.07) is 6.25. The van der Waals surface area contributed by atoms with Crippen molar-refractivity contribution < 1.29 is 14.7 Å². The maximum Gasteiger partial charge on any atom is 0.305 e. The lowest BCUT2D eigenvalue weighted by Crippen LogP contribution is -2.29. The van der Waals surface area contributed by atoms with Gasteiger partial charge in [0.2, 0.25) is 5.91 Å². The molecular weight excluding hydrogens is 242 g/mol. The third-order valence-corrected chi connectivity index (χ3v) is 2.56. The summed E-state index contributed by atoms with van der Waals surface area (Å²) in [5.74, 6) is -1.13. The molecule has 5 heteroatoms. The van der Waals surface area contributed by atoms with Crippen LogP contribution >= 0.6 is 11.6 Å². The first-order valence-electron chi connectivity index (χ1n) is 5.29. The molecule has 0 fully saturated rings. The van der Waals surface area contributed by atoms with Crippen LogP contribution in [-0.4, -0.2) is 17.0 Å². The van der Waals surface area contributed by atoms with E-state index in [4.69, 9.17) is 16.7 Å². The third kappa shape index (κ3) is 4.44. The standard InChI is InChI=1S/C12H14ClNO3/c1-2-11(15)14-10(7-12(16)17)8-3-5-9(13)6-4-8/h3-6,10H,2,7H2,1H3,(H,14,15)(H,16,17)/t10-/m0/s1. The summed E-state index contributed by atoms with van der Waals surface area (Å²) in [6.45, 7) is 1.72. The quantitative estimate of drug-likeness (QED) is 0.849. The maximum atomic E-state index is 11.3. The number of aliphatic carboxylic acids is 1. The van der Waals surface area contributed by atoms with Gasteiger partial charge in [0.15, 0.2) is 0 Å². The number of carbonyl (C=O) groups is 2. The van der Waals surface area contributed by atoms with E-state index >= 15 is 0 Å². The van der Waals surface area contributed by atoms with Gasteiger partial charge in [-0.05, 0) is 17.7 Å². The Morgan fingerprint density at radius 3 is 2.41 bits per heavy atom. The van der Waals surface area contributed by atoms with E-state index in [1.54, 1.807) is 31.2 Å². The minimum absolute atomic E-state index is 0.145. The van der Waals surface area contributed by atoms with Gasteiger partial charge in [-0.3, -0.25) is 9.59 Å². The van der Waals surface area contributed by atoms with Gasteiger partial charge < -0.3 is 10.4 Å². The average Bonchev–Trinajstić information content (AvgIpc) is 2.28. The molecule has 1 atom stereocenters. The van der Waals surface area contributed by atoms with Crippen LogP contribution in [0.25, 0.3) is 0 Å². The largest absolute Gasteiger partial charge is 0.481 e. The van der Waals surface area contributed by atoms with Gasteiger partial charge in [0.25, 0.3) is 0 Å². The first kappa shape index (κ1) is 13.5. The molecule has 0 aliphatic rings. The van der Waals surface area contributed by atoms with Gasteiger partial charge >= 0.3 is 5.97 Å². The zero-order chi connectivity index (χ0) is 12.8. The molecule has 1 amide bonds. The number of benzene rings is 1. The van der Waals surface area contributed by atoms with Gasteiger partial charge in [-0.2, -0.15) is 0 Å². The lowest BCUT2D eigenvalue weighted by atomic mass is 10.0. The van der Waals surface area contributed by atoms with Crippen LogP contribution in [0.3, 0.4) is 0 Å². The van der Waals surface area contributed by atoms with Gasteiger partial charge in [0.05, 0.1) is 12.5 Å². The summed E-state index contributed by atoms with van der Waals surface area (Å²) in [6.07, 6.45) is 0.178. The van der Waals surface area contributed by atoms with Crippen LogP contribution in [0.2, 0.25) is 5.02 Å². The highest BCUT2D eigenvalue weighted by atomic mass is 35.5. The monoisotopic (exact) mass is 255 g/mol. The smallest absolute Gasteiger partial charge is 0.305 e. The van der Waals surface area contributed by atoms with Crippen molar-refractivity contribution in [3.8, 4) is 0 Å². The van der Waals surface area contributed by atoms with E-state index in [2.05, 4.69) is 5.32 Å². The molecule has 0 saturated heterocycles. The van der Waals surface area contributed by atoms with Crippen molar-refractivity contribution >= 4 is 23.5 Å². The molecule has 0 heterocycles. The van der Waals surface area contributed by atoms with Crippen molar-refractivity contribution in [1.82, 2.24) is 5.32 Å². The van der Waals surface area contributed by atoms with Crippen LogP contribution in [0.5, 0.6) is 0 Å². The van der Waals surface area contributed by atoms with Crippen LogP contribution in [0.4, 0.5) is 0 Å². The Kier molecular flexibility index (Phi) is 4.97. The number of carbonyl (C=O) groups excluding carboxylic acids is 1. The molecule has 0 aliphatic heterocycles. The summed E-state index contributed by atoms with van der Waals surface area (Å²) < 4.78 is 0. The number of rotatable bonds is 5. The van der Waals surface area contributed by atoms with E-state index in [1.165, 1.54) is 0 Å². The van der Waals surface area contributed by atoms with Gasteiger partial charge in [-0.15, -0.1) is 0 Å². The van der Waals surface area contributed by atoms with Crippen LogP contribution in [0.15, 0.2) is 24.3 Å². The molecule has 4 nitrogen and oxygen atoms in total. The zero-order valence-electron chi connectivity index (χ0n) is 9.44. The predicted octanol–water partition coefficient (Wildman–Crippen LogP) is 2.38. The predicted molar refractivity (Wildman–Crippen MR) is 64.9 cm³/mol. The van der Waals surface area contributed by atoms with Crippen molar-refractivity contribution in [2.24, 2.45) is 0 Å². The van der Waals surface area contributed by atoms with Crippen molar-refractivity contribution in [1.29, 1.82) is 0 Å². The van der Waals surface area contributed by atoms with Gasteiger partial charge in [-0.1, -0.05) is 30.7 Å². The fraction of sp³-hybridized carbons (Fsp3) is 0.333. The van der Waals surface area contributed by atoms with E-state index in [0.717, 1.165) is 5.56 Å². The molecule has 0 spiro atoms. The van der Waals surface area contributed by atoms with E-state index in [9.17, 15) is 9.59 Å². The second-order valence-electron chi connectivity index (χ2n) is 3.62. The number of amides is 1. The first-order chi connectivity index (χ1) is 8.02. The summed E-state index contributed by atoms with van der Waals surface area (Å²) in [5.41, 5.74) is 0.735. The summed E-state index contributed by atoms with van der Waals surface area (Å²) in [5, 5.41) is 12.1. The second-order valence-corrected chi connectivity index (χ2v) is 4.06. The van der Waals surface area contributed by atoms with Crippen LogP contribution in [-0.2, 0) is 9.59 Å². The Balaban J connectivity index is 2.85. The van der Waals surface area contributed by atoms with Gasteiger partial charge in [-0.25, -0.2) is 0 Å². The number of carboxylic acid groups (broad SMARTS) is 1. The Labute approximate surface area is 105 Å². The maximum absolute atomic E-state index is 11.3. The van der Waals surface area contributed by atoms with Crippen molar-refractivity contribution in [2.75, 3.05) is 0 Å². The lowest BCUT2D eigenvalue weighted by Gasteiger charge is -2.17. The Bertz CT molecular complexity index is 403. The number of hydrogen-bond donors (Lipinski definition) is 2. The van der Waals surface area contributed by atoms with Gasteiger partial charge in [0, 0.05) is 11.4 Å². The second kappa shape index (κ2) is 6.25. The summed E-state index contributed by atoms with van der Waals surface area (Å²) >= 11 is 5.75. The summed E-state index contributed by atoms with van der Waals surface area (Å²) in [4.78, 5) is 22.1. The molecule has 0 aromatic heterocycles. The number of hydrogen-bond acceptors (Lipinski definition) is 2. The Morgan fingerprint density at radius 1 is 1.35 bits per heavy atom. The normalized spacial score (nSPS) is 11.9. The SMILES string of the molecule is CCC(=O)N[C@@H](CC(=O)O)c1ccc(Cl)cc1. The fourth-order valence-electron chi connectivity index (χ4n) is 1.42. The van der Waals surface area contributed by atoms with Crippen LogP contribution < -0.4 is 5.32 Å². The van der Waals surface area contributed by atoms with Crippen molar-refractivity contribution in [3.05, 3.63) is 34.9 Å². The third-order valence-electron chi connectivity index (χ3n) is 2.31. The molecule has 0 bridgehead atoms. The van der Waals surface area contributed by atoms with Crippen LogP contribution in [0.1, 0.15) is 31.4 Å². The first-order valence-corrected chi connectivity index (χ1v) is 5.67. The molecule has 1 rings (SSSR count). The highest BCUT2D eigenvalue weighted by molar-refractivity contribution is 6.30. The average molecular weight is 256 g/mol. The Morgan fingerprint density at radius 2 is 1.94 bits per heavy atom. The molecular formula is C12H14ClNO3. The molecule has 0 saturated carbocycles. The number of halogens is 1. The van der Waals surface area contributed by atoms with E-state index in [-0.39, 0.29) is 12.3 Å². The fourth-order valence-corrected chi connectivity index (χ4v) is 1.54. The molecule has 1 aromatic rings. The highest BCUT2D eigenvalue weighted by Crippen LogP contribution is 2.19. The molecule has 0 unspecified atom stereocenters. The molecule has 1 aromatic carbocycles. The minimum atomic E-state index is -0.957. The van der Waals surface area contributed by atoms with Gasteiger partial charge in [0.1, 0.15) is 0 Å². The van der Waals surface area contributed by atoms with E-state index in [0.29, 0.717) is 11.4 Å². The molecule has 2 N–H and O–H groups in total. The van der Waals surface area contributed by atoms with E-state index in [1.807, 2.05) is 0 Å².